The minimum atomic E-state index is -0.695. The van der Waals surface area contributed by atoms with E-state index >= 15 is 0 Å². The van der Waals surface area contributed by atoms with Gasteiger partial charge >= 0.3 is 0 Å². The van der Waals surface area contributed by atoms with Gasteiger partial charge in [-0.1, -0.05) is 0 Å². The highest BCUT2D eigenvalue weighted by molar-refractivity contribution is 7.85. The van der Waals surface area contributed by atoms with Crippen molar-refractivity contribution in [3.63, 3.8) is 0 Å². The van der Waals surface area contributed by atoms with Gasteiger partial charge in [0.2, 0.25) is 0 Å². The van der Waals surface area contributed by atoms with E-state index in [9.17, 15) is 9.00 Å². The van der Waals surface area contributed by atoms with Gasteiger partial charge in [-0.3, -0.25) is 9.00 Å². The van der Waals surface area contributed by atoms with Crippen molar-refractivity contribution in [2.45, 2.75) is 25.8 Å². The summed E-state index contributed by atoms with van der Waals surface area (Å²) in [4.78, 5) is 12.0. The Morgan fingerprint density at radius 1 is 1.39 bits per heavy atom. The Balaban J connectivity index is 1.99. The van der Waals surface area contributed by atoms with Gasteiger partial charge in [0.1, 0.15) is 0 Å². The van der Waals surface area contributed by atoms with Gasteiger partial charge in [0.25, 0.3) is 5.91 Å². The molecule has 1 aromatic rings. The average Bonchev–Trinajstić information content (AvgIpc) is 2.35. The van der Waals surface area contributed by atoms with E-state index in [4.69, 9.17) is 5.73 Å². The molecule has 1 heterocycles. The maximum Gasteiger partial charge on any atom is 0.251 e. The van der Waals surface area contributed by atoms with Crippen molar-refractivity contribution in [1.29, 1.82) is 0 Å². The molecule has 5 heteroatoms. The van der Waals surface area contributed by atoms with E-state index in [1.165, 1.54) is 0 Å². The van der Waals surface area contributed by atoms with Crippen LogP contribution in [0.2, 0.25) is 0 Å². The molecule has 0 aromatic heterocycles. The van der Waals surface area contributed by atoms with Crippen molar-refractivity contribution in [3.05, 3.63) is 29.3 Å². The van der Waals surface area contributed by atoms with Crippen molar-refractivity contribution in [2.24, 2.45) is 0 Å². The number of hydrogen-bond acceptors (Lipinski definition) is 3. The normalized spacial score (nSPS) is 23.6. The Bertz CT molecular complexity index is 478. The number of amides is 1. The summed E-state index contributed by atoms with van der Waals surface area (Å²) >= 11 is 0. The highest BCUT2D eigenvalue weighted by Crippen LogP contribution is 2.14. The SMILES string of the molecule is Cc1cc(C(=O)NC2CCS(=O)CC2)ccc1N. The first kappa shape index (κ1) is 13.1. The Kier molecular flexibility index (Phi) is 4.01. The summed E-state index contributed by atoms with van der Waals surface area (Å²) in [7, 11) is -0.695. The fourth-order valence-electron chi connectivity index (χ4n) is 2.02. The standard InChI is InChI=1S/C13H18N2O2S/c1-9-8-10(2-3-12(9)14)13(16)15-11-4-6-18(17)7-5-11/h2-3,8,11H,4-7,14H2,1H3,(H,15,16). The maximum atomic E-state index is 12.0. The third-order valence-electron chi connectivity index (χ3n) is 3.26. The highest BCUT2D eigenvalue weighted by Gasteiger charge is 2.20. The van der Waals surface area contributed by atoms with Gasteiger partial charge in [-0.15, -0.1) is 0 Å². The van der Waals surface area contributed by atoms with Crippen LogP contribution in [0.1, 0.15) is 28.8 Å². The number of carbonyl (C=O) groups is 1. The van der Waals surface area contributed by atoms with Crippen LogP contribution >= 0.6 is 0 Å². The second-order valence-electron chi connectivity index (χ2n) is 4.67. The van der Waals surface area contributed by atoms with Gasteiger partial charge in [-0.2, -0.15) is 0 Å². The van der Waals surface area contributed by atoms with Crippen LogP contribution in [-0.2, 0) is 10.8 Å². The Labute approximate surface area is 109 Å². The summed E-state index contributed by atoms with van der Waals surface area (Å²) in [5.41, 5.74) is 7.96. The topological polar surface area (TPSA) is 72.2 Å². The first-order chi connectivity index (χ1) is 8.56. The Morgan fingerprint density at radius 2 is 2.06 bits per heavy atom. The number of nitrogen functional groups attached to an aromatic ring is 1. The van der Waals surface area contributed by atoms with Crippen molar-refractivity contribution >= 4 is 22.4 Å². The van der Waals surface area contributed by atoms with Crippen molar-refractivity contribution in [3.8, 4) is 0 Å². The number of nitrogens with two attached hydrogens (primary N) is 1. The molecule has 98 valence electrons. The largest absolute Gasteiger partial charge is 0.399 e. The molecule has 2 rings (SSSR count). The average molecular weight is 266 g/mol. The molecular formula is C13H18N2O2S. The molecular weight excluding hydrogens is 248 g/mol. The van der Waals surface area contributed by atoms with Gasteiger partial charge in [-0.25, -0.2) is 0 Å². The molecule has 0 atom stereocenters. The zero-order valence-electron chi connectivity index (χ0n) is 10.4. The molecule has 1 aromatic carbocycles. The predicted molar refractivity (Wildman–Crippen MR) is 74.0 cm³/mol. The van der Waals surface area contributed by atoms with Crippen molar-refractivity contribution in [1.82, 2.24) is 5.32 Å². The highest BCUT2D eigenvalue weighted by atomic mass is 32.2. The molecule has 1 saturated heterocycles. The Morgan fingerprint density at radius 3 is 2.67 bits per heavy atom. The number of nitrogens with one attached hydrogen (secondary N) is 1. The molecule has 1 fully saturated rings. The number of hydrogen-bond donors (Lipinski definition) is 2. The van der Waals surface area contributed by atoms with Crippen LogP contribution in [0.15, 0.2) is 18.2 Å². The van der Waals surface area contributed by atoms with Crippen LogP contribution in [0.25, 0.3) is 0 Å². The first-order valence-electron chi connectivity index (χ1n) is 6.08. The van der Waals surface area contributed by atoms with Crippen molar-refractivity contribution in [2.75, 3.05) is 17.2 Å². The van der Waals surface area contributed by atoms with E-state index in [1.807, 2.05) is 6.92 Å². The van der Waals surface area contributed by atoms with Gasteiger partial charge in [0.05, 0.1) is 0 Å². The zero-order valence-corrected chi connectivity index (χ0v) is 11.3. The van der Waals surface area contributed by atoms with E-state index in [1.54, 1.807) is 18.2 Å². The minimum absolute atomic E-state index is 0.0733. The van der Waals surface area contributed by atoms with E-state index in [2.05, 4.69) is 5.32 Å². The van der Waals surface area contributed by atoms with E-state index in [0.29, 0.717) is 22.8 Å². The number of rotatable bonds is 2. The fraction of sp³-hybridized carbons (Fsp3) is 0.462. The Hall–Kier alpha value is -1.36. The summed E-state index contributed by atoms with van der Waals surface area (Å²) in [5, 5.41) is 2.99. The van der Waals surface area contributed by atoms with Crippen LogP contribution in [0.5, 0.6) is 0 Å². The number of aryl methyl sites for hydroxylation is 1. The lowest BCUT2D eigenvalue weighted by atomic mass is 10.1. The lowest BCUT2D eigenvalue weighted by Gasteiger charge is -2.22. The van der Waals surface area contributed by atoms with Gasteiger partial charge < -0.3 is 11.1 Å². The summed E-state index contributed by atoms with van der Waals surface area (Å²) in [6, 6.07) is 5.43. The first-order valence-corrected chi connectivity index (χ1v) is 7.57. The third kappa shape index (κ3) is 3.10. The summed E-state index contributed by atoms with van der Waals surface area (Å²) < 4.78 is 11.2. The van der Waals surface area contributed by atoms with Crippen LogP contribution in [0.4, 0.5) is 5.69 Å². The summed E-state index contributed by atoms with van der Waals surface area (Å²) in [5.74, 6) is 1.30. The smallest absolute Gasteiger partial charge is 0.251 e. The fourth-order valence-corrected chi connectivity index (χ4v) is 3.32. The number of carbonyl (C=O) groups excluding carboxylic acids is 1. The molecule has 1 aliphatic rings. The summed E-state index contributed by atoms with van der Waals surface area (Å²) in [6.45, 7) is 1.88. The molecule has 0 bridgehead atoms. The molecule has 3 N–H and O–H groups in total. The second kappa shape index (κ2) is 5.52. The zero-order chi connectivity index (χ0) is 13.1. The molecule has 4 nitrogen and oxygen atoms in total. The lowest BCUT2D eigenvalue weighted by Crippen LogP contribution is -2.39. The number of benzene rings is 1. The second-order valence-corrected chi connectivity index (χ2v) is 6.36. The monoisotopic (exact) mass is 266 g/mol. The van der Waals surface area contributed by atoms with E-state index < -0.39 is 10.8 Å². The van der Waals surface area contributed by atoms with E-state index in [-0.39, 0.29) is 11.9 Å². The molecule has 1 amide bonds. The van der Waals surface area contributed by atoms with Gasteiger partial charge in [0.15, 0.2) is 0 Å². The van der Waals surface area contributed by atoms with Crippen LogP contribution < -0.4 is 11.1 Å². The van der Waals surface area contributed by atoms with Crippen LogP contribution in [-0.4, -0.2) is 27.7 Å². The van der Waals surface area contributed by atoms with E-state index in [0.717, 1.165) is 18.4 Å². The van der Waals surface area contributed by atoms with Gasteiger partial charge in [-0.05, 0) is 43.5 Å². The minimum Gasteiger partial charge on any atom is -0.399 e. The molecule has 0 spiro atoms. The molecule has 1 aliphatic heterocycles. The van der Waals surface area contributed by atoms with Gasteiger partial charge in [0, 0.05) is 39.6 Å². The molecule has 0 saturated carbocycles. The van der Waals surface area contributed by atoms with Crippen LogP contribution in [0, 0.1) is 6.92 Å². The molecule has 18 heavy (non-hydrogen) atoms. The molecule has 0 radical (unpaired) electrons. The van der Waals surface area contributed by atoms with Crippen LogP contribution in [0.3, 0.4) is 0 Å². The lowest BCUT2D eigenvalue weighted by molar-refractivity contribution is 0.0934. The quantitative estimate of drug-likeness (QED) is 0.791. The third-order valence-corrected chi connectivity index (χ3v) is 4.64. The van der Waals surface area contributed by atoms with Crippen molar-refractivity contribution < 1.29 is 9.00 Å². The predicted octanol–water partition coefficient (Wildman–Crippen LogP) is 1.22. The maximum absolute atomic E-state index is 12.0. The number of anilines is 1. The summed E-state index contributed by atoms with van der Waals surface area (Å²) in [6.07, 6.45) is 1.60. The molecule has 0 aliphatic carbocycles. The molecule has 0 unspecified atom stereocenters.